The minimum absolute atomic E-state index is 0.00860. The van der Waals surface area contributed by atoms with Gasteiger partial charge in [-0.2, -0.15) is 0 Å². The van der Waals surface area contributed by atoms with Gasteiger partial charge in [0, 0.05) is 12.3 Å². The molecule has 1 aliphatic rings. The van der Waals surface area contributed by atoms with Crippen molar-refractivity contribution in [1.82, 2.24) is 19.9 Å². The van der Waals surface area contributed by atoms with Gasteiger partial charge < -0.3 is 29.0 Å². The molecule has 3 aromatic rings. The molecule has 45 heavy (non-hydrogen) atoms. The highest BCUT2D eigenvalue weighted by atomic mass is 32.1. The zero-order valence-electron chi connectivity index (χ0n) is 25.2. The lowest BCUT2D eigenvalue weighted by Gasteiger charge is -2.29. The molecule has 14 nitrogen and oxygen atoms in total. The van der Waals surface area contributed by atoms with Gasteiger partial charge in [0.1, 0.15) is 18.6 Å². The lowest BCUT2D eigenvalue weighted by molar-refractivity contribution is -0.176. The van der Waals surface area contributed by atoms with Crippen LogP contribution in [0.1, 0.15) is 52.2 Å². The summed E-state index contributed by atoms with van der Waals surface area (Å²) in [5.41, 5.74) is 0.699. The topological polar surface area (TPSA) is 182 Å². The van der Waals surface area contributed by atoms with Crippen molar-refractivity contribution in [3.05, 3.63) is 64.4 Å². The molecule has 1 amide bonds. The molecule has 0 radical (unpaired) electrons. The highest BCUT2D eigenvalue weighted by Crippen LogP contribution is 2.31. The van der Waals surface area contributed by atoms with Crippen molar-refractivity contribution < 1.29 is 47.7 Å². The first-order valence-corrected chi connectivity index (χ1v) is 14.7. The van der Waals surface area contributed by atoms with Crippen LogP contribution in [0.4, 0.5) is 0 Å². The van der Waals surface area contributed by atoms with Gasteiger partial charge in [0.05, 0.1) is 18.7 Å². The Hall–Kier alpha value is -4.92. The van der Waals surface area contributed by atoms with Crippen LogP contribution in [0.5, 0.6) is 11.5 Å². The van der Waals surface area contributed by atoms with Crippen LogP contribution in [0.3, 0.4) is 0 Å². The van der Waals surface area contributed by atoms with Crippen LogP contribution in [0.25, 0.3) is 0 Å². The number of cyclic esters (lactones) is 2. The van der Waals surface area contributed by atoms with Crippen LogP contribution in [0.2, 0.25) is 0 Å². The molecule has 1 aromatic carbocycles. The summed E-state index contributed by atoms with van der Waals surface area (Å²) in [7, 11) is 1.30. The SMILES string of the molecule is COc1ccnc(C(=O)N[C@H]2COC(=O)[C@H](Cc3ccccc3)[C@@H](OC(=O)C(C)C)[C@H](C)OC2=O)c1OC(=O)c1snnc1C. The van der Waals surface area contributed by atoms with E-state index in [2.05, 4.69) is 19.9 Å². The highest BCUT2D eigenvalue weighted by molar-refractivity contribution is 7.07. The number of nitrogens with one attached hydrogen (secondary N) is 1. The number of hydrogen-bond acceptors (Lipinski definition) is 14. The monoisotopic (exact) mass is 640 g/mol. The number of carbonyl (C=O) groups is 5. The van der Waals surface area contributed by atoms with Crippen molar-refractivity contribution in [2.45, 2.75) is 52.4 Å². The smallest absolute Gasteiger partial charge is 0.357 e. The van der Waals surface area contributed by atoms with E-state index in [4.69, 9.17) is 23.7 Å². The van der Waals surface area contributed by atoms with Gasteiger partial charge >= 0.3 is 23.9 Å². The number of methoxy groups -OCH3 is 1. The molecule has 0 saturated carbocycles. The van der Waals surface area contributed by atoms with Crippen molar-refractivity contribution >= 4 is 41.3 Å². The average Bonchev–Trinajstić information content (AvgIpc) is 3.47. The molecule has 1 fully saturated rings. The van der Waals surface area contributed by atoms with Crippen LogP contribution < -0.4 is 14.8 Å². The molecule has 238 valence electrons. The van der Waals surface area contributed by atoms with Gasteiger partial charge in [0.15, 0.2) is 28.5 Å². The average molecular weight is 641 g/mol. The number of aryl methyl sites for hydroxylation is 1. The number of pyridine rings is 1. The number of benzene rings is 1. The second kappa shape index (κ2) is 14.7. The molecule has 0 spiro atoms. The summed E-state index contributed by atoms with van der Waals surface area (Å²) in [6, 6.07) is 8.91. The van der Waals surface area contributed by atoms with Gasteiger partial charge in [0.25, 0.3) is 5.91 Å². The van der Waals surface area contributed by atoms with E-state index in [0.29, 0.717) is 5.69 Å². The van der Waals surface area contributed by atoms with Gasteiger partial charge in [-0.15, -0.1) is 5.10 Å². The van der Waals surface area contributed by atoms with Gasteiger partial charge in [-0.3, -0.25) is 14.4 Å². The summed E-state index contributed by atoms with van der Waals surface area (Å²) >= 11 is 0.807. The van der Waals surface area contributed by atoms with Crippen LogP contribution in [-0.2, 0) is 35.0 Å². The van der Waals surface area contributed by atoms with E-state index in [0.717, 1.165) is 17.1 Å². The molecule has 15 heteroatoms. The van der Waals surface area contributed by atoms with Crippen molar-refractivity contribution in [3.8, 4) is 11.5 Å². The molecule has 1 N–H and O–H groups in total. The van der Waals surface area contributed by atoms with E-state index >= 15 is 0 Å². The predicted octanol–water partition coefficient (Wildman–Crippen LogP) is 2.48. The number of esters is 4. The quantitative estimate of drug-likeness (QED) is 0.266. The number of carbonyl (C=O) groups excluding carboxylic acids is 5. The normalized spacial score (nSPS) is 20.1. The minimum atomic E-state index is -1.50. The van der Waals surface area contributed by atoms with Gasteiger partial charge in [-0.1, -0.05) is 48.7 Å². The fourth-order valence-electron chi connectivity index (χ4n) is 4.39. The van der Waals surface area contributed by atoms with Crippen molar-refractivity contribution in [2.24, 2.45) is 11.8 Å². The molecule has 2 aromatic heterocycles. The zero-order valence-corrected chi connectivity index (χ0v) is 26.0. The molecule has 1 aliphatic heterocycles. The van der Waals surface area contributed by atoms with Crippen LogP contribution in [0.15, 0.2) is 42.6 Å². The largest absolute Gasteiger partial charge is 0.493 e. The Balaban J connectivity index is 1.60. The van der Waals surface area contributed by atoms with Gasteiger partial charge in [0.2, 0.25) is 5.75 Å². The van der Waals surface area contributed by atoms with E-state index in [1.165, 1.54) is 26.3 Å². The van der Waals surface area contributed by atoms with E-state index in [1.54, 1.807) is 45.0 Å². The van der Waals surface area contributed by atoms with Gasteiger partial charge in [-0.25, -0.2) is 14.6 Å². The molecular weight excluding hydrogens is 608 g/mol. The zero-order chi connectivity index (χ0) is 32.7. The number of rotatable bonds is 9. The Bertz CT molecular complexity index is 1560. The summed E-state index contributed by atoms with van der Waals surface area (Å²) in [5, 5.41) is 6.22. The predicted molar refractivity (Wildman–Crippen MR) is 157 cm³/mol. The van der Waals surface area contributed by atoms with E-state index in [1.807, 2.05) is 6.07 Å². The lowest BCUT2D eigenvalue weighted by atomic mass is 9.91. The standard InChI is InChI=1S/C30H32N4O10S/c1-15(2)27(36)43-23-17(4)42-29(38)20(14-41-28(37)19(23)13-18-9-7-6-8-10-18)32-26(35)22-24(21(40-5)11-12-31-22)44-30(39)25-16(3)33-34-45-25/h6-12,15,17,19-20,23H,13-14H2,1-5H3,(H,32,35)/t17-,19+,20-,23-/m0/s1. The molecule has 0 unspecified atom stereocenters. The maximum absolute atomic E-state index is 13.5. The number of aromatic nitrogens is 3. The number of ether oxygens (including phenoxy) is 5. The second-order valence-electron chi connectivity index (χ2n) is 10.4. The molecule has 0 aliphatic carbocycles. The Kier molecular flexibility index (Phi) is 10.8. The van der Waals surface area contributed by atoms with Crippen LogP contribution in [-0.4, -0.2) is 76.3 Å². The number of hydrogen-bond donors (Lipinski definition) is 1. The number of nitrogens with zero attached hydrogens (tertiary/aromatic N) is 3. The molecule has 3 heterocycles. The van der Waals surface area contributed by atoms with Crippen LogP contribution >= 0.6 is 11.5 Å². The molecule has 1 saturated heterocycles. The lowest BCUT2D eigenvalue weighted by Crippen LogP contribution is -2.47. The molecule has 0 bridgehead atoms. The fraction of sp³-hybridized carbons (Fsp3) is 0.400. The highest BCUT2D eigenvalue weighted by Gasteiger charge is 2.42. The summed E-state index contributed by atoms with van der Waals surface area (Å²) < 4.78 is 31.2. The van der Waals surface area contributed by atoms with E-state index in [9.17, 15) is 24.0 Å². The summed E-state index contributed by atoms with van der Waals surface area (Å²) in [5.74, 6) is -5.96. The Morgan fingerprint density at radius 3 is 2.49 bits per heavy atom. The van der Waals surface area contributed by atoms with Crippen molar-refractivity contribution in [3.63, 3.8) is 0 Å². The Labute approximate surface area is 262 Å². The van der Waals surface area contributed by atoms with E-state index < -0.39 is 72.2 Å². The van der Waals surface area contributed by atoms with Gasteiger partial charge in [-0.05, 0) is 37.4 Å². The maximum Gasteiger partial charge on any atom is 0.357 e. The van der Waals surface area contributed by atoms with E-state index in [-0.39, 0.29) is 22.8 Å². The fourth-order valence-corrected chi connectivity index (χ4v) is 4.92. The van der Waals surface area contributed by atoms with Crippen molar-refractivity contribution in [2.75, 3.05) is 13.7 Å². The first-order chi connectivity index (χ1) is 21.5. The number of amides is 1. The summed E-state index contributed by atoms with van der Waals surface area (Å²) in [6.45, 7) is 5.73. The first-order valence-electron chi connectivity index (χ1n) is 14.0. The third-order valence-corrected chi connectivity index (χ3v) is 7.61. The first kappa shape index (κ1) is 33.0. The molecular formula is C30H32N4O10S. The van der Waals surface area contributed by atoms with Crippen molar-refractivity contribution in [1.29, 1.82) is 0 Å². The molecule has 4 rings (SSSR count). The Morgan fingerprint density at radius 1 is 1.11 bits per heavy atom. The summed E-state index contributed by atoms with van der Waals surface area (Å²) in [4.78, 5) is 69.8. The second-order valence-corrected chi connectivity index (χ2v) is 11.2. The Morgan fingerprint density at radius 2 is 1.84 bits per heavy atom. The maximum atomic E-state index is 13.5. The third-order valence-electron chi connectivity index (χ3n) is 6.80. The van der Waals surface area contributed by atoms with Crippen LogP contribution in [0, 0.1) is 18.8 Å². The minimum Gasteiger partial charge on any atom is -0.493 e. The molecule has 4 atom stereocenters. The third kappa shape index (κ3) is 7.98. The summed E-state index contributed by atoms with van der Waals surface area (Å²) in [6.07, 6.45) is -0.898.